The van der Waals surface area contributed by atoms with Crippen LogP contribution in [0.2, 0.25) is 0 Å². The number of thioether (sulfide) groups is 1. The lowest BCUT2D eigenvalue weighted by molar-refractivity contribution is -0.384. The normalized spacial score (nSPS) is 12.2. The molecule has 0 saturated heterocycles. The van der Waals surface area contributed by atoms with E-state index in [9.17, 15) is 14.9 Å². The predicted molar refractivity (Wildman–Crippen MR) is 97.9 cm³/mol. The number of nitrogens with zero attached hydrogens (tertiary/aromatic N) is 2. The van der Waals surface area contributed by atoms with Gasteiger partial charge in [0.15, 0.2) is 4.34 Å². The number of carbonyl (C=O) groups excluding carboxylic acids is 1. The summed E-state index contributed by atoms with van der Waals surface area (Å²) in [5.41, 5.74) is 0.755. The number of fused-ring (bicyclic) bond motifs is 1. The lowest BCUT2D eigenvalue weighted by atomic mass is 10.3. The molecule has 3 aromatic rings. The van der Waals surface area contributed by atoms with Gasteiger partial charge in [0.1, 0.15) is 0 Å². The number of thiophene rings is 1. The number of nitro groups is 1. The van der Waals surface area contributed by atoms with Crippen molar-refractivity contribution < 1.29 is 9.72 Å². The van der Waals surface area contributed by atoms with E-state index in [4.69, 9.17) is 0 Å². The van der Waals surface area contributed by atoms with Gasteiger partial charge in [-0.3, -0.25) is 14.9 Å². The molecule has 1 aromatic carbocycles. The van der Waals surface area contributed by atoms with Gasteiger partial charge in [-0.25, -0.2) is 4.98 Å². The molecule has 3 rings (SSSR count). The van der Waals surface area contributed by atoms with Crippen molar-refractivity contribution in [1.82, 2.24) is 10.3 Å². The van der Waals surface area contributed by atoms with Gasteiger partial charge in [0, 0.05) is 17.0 Å². The molecular formula is C15H13N3O3S3. The van der Waals surface area contributed by atoms with Gasteiger partial charge in [0.05, 0.1) is 26.9 Å². The van der Waals surface area contributed by atoms with Crippen molar-refractivity contribution >= 4 is 56.2 Å². The van der Waals surface area contributed by atoms with Gasteiger partial charge in [0.2, 0.25) is 5.91 Å². The summed E-state index contributed by atoms with van der Waals surface area (Å²) in [5, 5.41) is 15.7. The Morgan fingerprint density at radius 1 is 1.46 bits per heavy atom. The highest BCUT2D eigenvalue weighted by Gasteiger charge is 2.13. The molecule has 24 heavy (non-hydrogen) atoms. The summed E-state index contributed by atoms with van der Waals surface area (Å²) in [6.45, 7) is 1.95. The molecule has 0 bridgehead atoms. The van der Waals surface area contributed by atoms with Crippen LogP contribution in [0.4, 0.5) is 5.69 Å². The molecule has 2 heterocycles. The van der Waals surface area contributed by atoms with Gasteiger partial charge in [0.25, 0.3) is 5.69 Å². The summed E-state index contributed by atoms with van der Waals surface area (Å²) in [7, 11) is 0. The van der Waals surface area contributed by atoms with Crippen molar-refractivity contribution in [2.24, 2.45) is 0 Å². The molecule has 6 nitrogen and oxygen atoms in total. The number of hydrogen-bond donors (Lipinski definition) is 1. The molecule has 0 aliphatic heterocycles. The van der Waals surface area contributed by atoms with Crippen LogP contribution in [0.15, 0.2) is 40.1 Å². The zero-order valence-corrected chi connectivity index (χ0v) is 15.0. The van der Waals surface area contributed by atoms with Gasteiger partial charge in [-0.15, -0.1) is 22.7 Å². The van der Waals surface area contributed by atoms with E-state index in [1.807, 2.05) is 24.4 Å². The fourth-order valence-electron chi connectivity index (χ4n) is 2.09. The van der Waals surface area contributed by atoms with Gasteiger partial charge in [-0.1, -0.05) is 17.8 Å². The Hall–Kier alpha value is -1.97. The number of hydrogen-bond acceptors (Lipinski definition) is 7. The number of nitrogens with one attached hydrogen (secondary N) is 1. The van der Waals surface area contributed by atoms with Crippen LogP contribution in [0.1, 0.15) is 17.8 Å². The van der Waals surface area contributed by atoms with Crippen LogP contribution in [0, 0.1) is 10.1 Å². The summed E-state index contributed by atoms with van der Waals surface area (Å²) in [6.07, 6.45) is 0. The topological polar surface area (TPSA) is 85.1 Å². The van der Waals surface area contributed by atoms with Crippen molar-refractivity contribution in [2.75, 3.05) is 5.75 Å². The molecule has 0 fully saturated rings. The highest BCUT2D eigenvalue weighted by Crippen LogP contribution is 2.31. The Morgan fingerprint density at radius 2 is 2.29 bits per heavy atom. The van der Waals surface area contributed by atoms with Crippen molar-refractivity contribution in [3.8, 4) is 0 Å². The van der Waals surface area contributed by atoms with Crippen LogP contribution < -0.4 is 5.32 Å². The van der Waals surface area contributed by atoms with Gasteiger partial charge >= 0.3 is 0 Å². The molecule has 0 spiro atoms. The molecule has 0 saturated carbocycles. The summed E-state index contributed by atoms with van der Waals surface area (Å²) in [6, 6.07) is 8.51. The molecule has 0 aliphatic rings. The van der Waals surface area contributed by atoms with Crippen LogP contribution in [-0.4, -0.2) is 21.6 Å². The van der Waals surface area contributed by atoms with Crippen LogP contribution in [-0.2, 0) is 4.79 Å². The first kappa shape index (κ1) is 16.9. The van der Waals surface area contributed by atoms with Gasteiger partial charge in [-0.05, 0) is 24.4 Å². The van der Waals surface area contributed by atoms with Crippen molar-refractivity contribution in [3.05, 3.63) is 50.7 Å². The Labute approximate surface area is 150 Å². The standard InChI is InChI=1S/C15H13N3O3S3/c1-9(12-3-2-6-22-12)16-14(19)8-23-15-17-11-5-4-10(18(20)21)7-13(11)24-15/h2-7,9H,8H2,1H3,(H,16,19)/t9-/m0/s1. The maximum Gasteiger partial charge on any atom is 0.270 e. The Kier molecular flexibility index (Phi) is 5.12. The third-order valence-corrected chi connectivity index (χ3v) is 6.45. The van der Waals surface area contributed by atoms with E-state index in [1.165, 1.54) is 35.2 Å². The molecule has 9 heteroatoms. The predicted octanol–water partition coefficient (Wildman–Crippen LogP) is 4.24. The number of nitro benzene ring substituents is 1. The number of amides is 1. The average molecular weight is 379 g/mol. The highest BCUT2D eigenvalue weighted by molar-refractivity contribution is 8.01. The van der Waals surface area contributed by atoms with E-state index >= 15 is 0 Å². The summed E-state index contributed by atoms with van der Waals surface area (Å²) < 4.78 is 1.48. The summed E-state index contributed by atoms with van der Waals surface area (Å²) in [4.78, 5) is 27.9. The van der Waals surface area contributed by atoms with Crippen molar-refractivity contribution in [1.29, 1.82) is 0 Å². The van der Waals surface area contributed by atoms with Crippen LogP contribution in [0.3, 0.4) is 0 Å². The molecule has 1 atom stereocenters. The van der Waals surface area contributed by atoms with E-state index in [2.05, 4.69) is 10.3 Å². The van der Waals surface area contributed by atoms with Crippen LogP contribution in [0.25, 0.3) is 10.2 Å². The number of aromatic nitrogens is 1. The third-order valence-electron chi connectivity index (χ3n) is 3.24. The summed E-state index contributed by atoms with van der Waals surface area (Å²) >= 11 is 4.30. The first-order valence-corrected chi connectivity index (χ1v) is 9.71. The van der Waals surface area contributed by atoms with Crippen LogP contribution >= 0.6 is 34.4 Å². The number of benzene rings is 1. The molecule has 2 aromatic heterocycles. The maximum atomic E-state index is 12.0. The van der Waals surface area contributed by atoms with Gasteiger partial charge < -0.3 is 5.32 Å². The lowest BCUT2D eigenvalue weighted by Gasteiger charge is -2.11. The molecule has 0 aliphatic carbocycles. The van der Waals surface area contributed by atoms with Crippen molar-refractivity contribution in [2.45, 2.75) is 17.3 Å². The smallest absolute Gasteiger partial charge is 0.270 e. The minimum absolute atomic E-state index is 0.0175. The average Bonchev–Trinajstić information content (AvgIpc) is 3.21. The molecule has 0 unspecified atom stereocenters. The summed E-state index contributed by atoms with van der Waals surface area (Å²) in [5.74, 6) is 0.198. The largest absolute Gasteiger partial charge is 0.348 e. The molecule has 1 amide bonds. The number of rotatable bonds is 6. The Bertz CT molecular complexity index is 877. The second-order valence-corrected chi connectivity index (χ2v) is 8.21. The van der Waals surface area contributed by atoms with E-state index in [0.717, 1.165) is 13.9 Å². The van der Waals surface area contributed by atoms with E-state index < -0.39 is 4.92 Å². The van der Waals surface area contributed by atoms with Crippen LogP contribution in [0.5, 0.6) is 0 Å². The third kappa shape index (κ3) is 3.92. The minimum atomic E-state index is -0.425. The minimum Gasteiger partial charge on any atom is -0.348 e. The van der Waals surface area contributed by atoms with Gasteiger partial charge in [-0.2, -0.15) is 0 Å². The molecular weight excluding hydrogens is 366 g/mol. The zero-order chi connectivity index (χ0) is 17.1. The Morgan fingerprint density at radius 3 is 3.00 bits per heavy atom. The fourth-order valence-corrected chi connectivity index (χ4v) is 4.73. The second-order valence-electron chi connectivity index (χ2n) is 4.98. The fraction of sp³-hybridized carbons (Fsp3) is 0.200. The first-order chi connectivity index (χ1) is 11.5. The SMILES string of the molecule is C[C@H](NC(=O)CSc1nc2ccc([N+](=O)[O-])cc2s1)c1cccs1. The monoisotopic (exact) mass is 379 g/mol. The van der Waals surface area contributed by atoms with E-state index in [-0.39, 0.29) is 23.4 Å². The molecule has 1 N–H and O–H groups in total. The quantitative estimate of drug-likeness (QED) is 0.393. The number of thiazole rings is 1. The molecule has 0 radical (unpaired) electrons. The number of non-ortho nitro benzene ring substituents is 1. The zero-order valence-electron chi connectivity index (χ0n) is 12.6. The van der Waals surface area contributed by atoms with Crippen molar-refractivity contribution in [3.63, 3.8) is 0 Å². The first-order valence-electron chi connectivity index (χ1n) is 7.03. The lowest BCUT2D eigenvalue weighted by Crippen LogP contribution is -2.27. The Balaban J connectivity index is 1.60. The van der Waals surface area contributed by atoms with E-state index in [0.29, 0.717) is 5.52 Å². The molecule has 124 valence electrons. The number of carbonyl (C=O) groups is 1. The second kappa shape index (κ2) is 7.29. The highest BCUT2D eigenvalue weighted by atomic mass is 32.2. The maximum absolute atomic E-state index is 12.0. The van der Waals surface area contributed by atoms with E-state index in [1.54, 1.807) is 17.4 Å².